The topological polar surface area (TPSA) is 63.6 Å². The van der Waals surface area contributed by atoms with Gasteiger partial charge in [0.1, 0.15) is 0 Å². The first-order chi connectivity index (χ1) is 3.06. The zero-order valence-corrected chi connectivity index (χ0v) is 6.02. The summed E-state index contributed by atoms with van der Waals surface area (Å²) < 4.78 is 30.9. The molecule has 7 heavy (non-hydrogen) atoms. The van der Waals surface area contributed by atoms with Crippen molar-refractivity contribution in [2.75, 3.05) is 0 Å². The molecule has 0 saturated heterocycles. The third-order valence-electron chi connectivity index (χ3n) is 0.267. The fourth-order valence-electron chi connectivity index (χ4n) is 0.149. The number of hydrogen-bond donors (Lipinski definition) is 1. The zero-order chi connectivity index (χ0) is 5.91. The van der Waals surface area contributed by atoms with Crippen LogP contribution in [-0.2, 0) is 14.3 Å². The van der Waals surface area contributed by atoms with Crippen LogP contribution in [0.3, 0.4) is 0 Å². The first-order valence-electron chi connectivity index (χ1n) is 1.68. The fourth-order valence-corrected chi connectivity index (χ4v) is 1.34. The standard InChI is InChI=1S/CH6O4SSi/c1-7-5-6(2,3)4/h7H2,1H3,(H,2,3,4). The van der Waals surface area contributed by atoms with Crippen LogP contribution in [0.5, 0.6) is 0 Å². The van der Waals surface area contributed by atoms with Crippen molar-refractivity contribution in [2.24, 2.45) is 0 Å². The van der Waals surface area contributed by atoms with Gasteiger partial charge in [0.25, 0.3) is 0 Å². The molecule has 0 aromatic carbocycles. The highest BCUT2D eigenvalue weighted by atomic mass is 32.3. The smallest absolute Gasteiger partial charge is 0.302 e. The summed E-state index contributed by atoms with van der Waals surface area (Å²) in [5.41, 5.74) is 0. The summed E-state index contributed by atoms with van der Waals surface area (Å²) in [5.74, 6) is 0. The van der Waals surface area contributed by atoms with Crippen LogP contribution in [0, 0.1) is 0 Å². The van der Waals surface area contributed by atoms with Gasteiger partial charge in [-0.25, -0.2) is 0 Å². The van der Waals surface area contributed by atoms with Gasteiger partial charge < -0.3 is 3.87 Å². The Kier molecular flexibility index (Phi) is 2.44. The lowest BCUT2D eigenvalue weighted by atomic mass is 11.9. The molecule has 0 spiro atoms. The molecule has 0 aliphatic rings. The summed E-state index contributed by atoms with van der Waals surface area (Å²) in [7, 11) is -5.14. The maximum atomic E-state index is 9.60. The summed E-state index contributed by atoms with van der Waals surface area (Å²) in [6.07, 6.45) is 0. The first-order valence-corrected chi connectivity index (χ1v) is 5.04. The van der Waals surface area contributed by atoms with E-state index in [1.807, 2.05) is 0 Å². The van der Waals surface area contributed by atoms with Crippen LogP contribution < -0.4 is 0 Å². The predicted octanol–water partition coefficient (Wildman–Crippen LogP) is -1.06. The zero-order valence-electron chi connectivity index (χ0n) is 3.79. The second-order valence-corrected chi connectivity index (χ2v) is 3.21. The van der Waals surface area contributed by atoms with Crippen molar-refractivity contribution in [3.8, 4) is 0 Å². The molecule has 0 aliphatic carbocycles. The third-order valence-corrected chi connectivity index (χ3v) is 2.40. The van der Waals surface area contributed by atoms with Gasteiger partial charge >= 0.3 is 10.4 Å². The Morgan fingerprint density at radius 3 is 2.14 bits per heavy atom. The Balaban J connectivity index is 3.60. The Morgan fingerprint density at radius 1 is 1.71 bits per heavy atom. The number of hydrogen-bond acceptors (Lipinski definition) is 3. The van der Waals surface area contributed by atoms with E-state index in [9.17, 15) is 8.42 Å². The summed E-state index contributed by atoms with van der Waals surface area (Å²) >= 11 is 0. The molecule has 0 atom stereocenters. The molecule has 0 aromatic heterocycles. The van der Waals surface area contributed by atoms with Crippen LogP contribution in [0.1, 0.15) is 0 Å². The first kappa shape index (κ1) is 7.09. The fraction of sp³-hybridized carbons (Fsp3) is 1.00. The molecule has 0 aromatic rings. The average Bonchev–Trinajstić information content (AvgIpc) is 1.30. The van der Waals surface area contributed by atoms with Gasteiger partial charge in [0.05, 0.1) is 0 Å². The van der Waals surface area contributed by atoms with Gasteiger partial charge in [-0.05, 0) is 6.55 Å². The molecule has 0 amide bonds. The summed E-state index contributed by atoms with van der Waals surface area (Å²) in [6.45, 7) is 1.60. The lowest BCUT2D eigenvalue weighted by Crippen LogP contribution is -2.04. The molecule has 0 unspecified atom stereocenters. The van der Waals surface area contributed by atoms with Gasteiger partial charge in [0.2, 0.25) is 0 Å². The lowest BCUT2D eigenvalue weighted by molar-refractivity contribution is 0.396. The Labute approximate surface area is 44.4 Å². The third kappa shape index (κ3) is 6.09. The summed E-state index contributed by atoms with van der Waals surface area (Å²) in [4.78, 5) is 0. The van der Waals surface area contributed by atoms with E-state index >= 15 is 0 Å². The van der Waals surface area contributed by atoms with Crippen LogP contribution >= 0.6 is 0 Å². The molecule has 6 heteroatoms. The maximum Gasteiger partial charge on any atom is 0.386 e. The second kappa shape index (κ2) is 2.41. The minimum Gasteiger partial charge on any atom is -0.302 e. The Hall–Kier alpha value is 0.0869. The molecule has 4 nitrogen and oxygen atoms in total. The molecule has 0 bridgehead atoms. The van der Waals surface area contributed by atoms with E-state index in [1.165, 1.54) is 0 Å². The maximum absolute atomic E-state index is 9.60. The van der Waals surface area contributed by atoms with Crippen molar-refractivity contribution in [1.29, 1.82) is 0 Å². The molecular formula is CH6O4SSi. The van der Waals surface area contributed by atoms with Crippen molar-refractivity contribution < 1.29 is 16.8 Å². The molecule has 0 radical (unpaired) electrons. The summed E-state index contributed by atoms with van der Waals surface area (Å²) in [5, 5.41) is 0. The van der Waals surface area contributed by atoms with E-state index in [4.69, 9.17) is 4.55 Å². The van der Waals surface area contributed by atoms with Crippen LogP contribution in [0.15, 0.2) is 0 Å². The van der Waals surface area contributed by atoms with Gasteiger partial charge in [0, 0.05) is 0 Å². The SMILES string of the molecule is C[SiH2]OS(=O)(=O)O. The lowest BCUT2D eigenvalue weighted by Gasteiger charge is -1.89. The Bertz CT molecular complexity index is 125. The molecular weight excluding hydrogens is 136 g/mol. The monoisotopic (exact) mass is 142 g/mol. The van der Waals surface area contributed by atoms with Gasteiger partial charge in [-0.15, -0.1) is 0 Å². The highest BCUT2D eigenvalue weighted by Gasteiger charge is 1.97. The van der Waals surface area contributed by atoms with E-state index in [2.05, 4.69) is 3.87 Å². The van der Waals surface area contributed by atoms with E-state index in [1.54, 1.807) is 6.55 Å². The highest BCUT2D eigenvalue weighted by molar-refractivity contribution is 7.81. The molecule has 44 valence electrons. The van der Waals surface area contributed by atoms with Crippen LogP contribution in [0.25, 0.3) is 0 Å². The molecule has 0 rings (SSSR count). The molecule has 0 heterocycles. The molecule has 0 saturated carbocycles. The molecule has 1 N–H and O–H groups in total. The van der Waals surface area contributed by atoms with Crippen LogP contribution in [0.4, 0.5) is 0 Å². The highest BCUT2D eigenvalue weighted by Crippen LogP contribution is 1.79. The van der Waals surface area contributed by atoms with Crippen molar-refractivity contribution in [3.63, 3.8) is 0 Å². The quantitative estimate of drug-likeness (QED) is 0.394. The van der Waals surface area contributed by atoms with Crippen molar-refractivity contribution in [2.45, 2.75) is 6.55 Å². The van der Waals surface area contributed by atoms with Crippen molar-refractivity contribution in [3.05, 3.63) is 0 Å². The van der Waals surface area contributed by atoms with E-state index in [-0.39, 0.29) is 0 Å². The largest absolute Gasteiger partial charge is 0.386 e. The van der Waals surface area contributed by atoms with E-state index in [0.717, 1.165) is 0 Å². The minimum absolute atomic E-state index is 1.03. The van der Waals surface area contributed by atoms with E-state index in [0.29, 0.717) is 0 Å². The van der Waals surface area contributed by atoms with E-state index < -0.39 is 20.2 Å². The number of rotatable bonds is 2. The van der Waals surface area contributed by atoms with Gasteiger partial charge in [-0.3, -0.25) is 4.55 Å². The van der Waals surface area contributed by atoms with Crippen molar-refractivity contribution in [1.82, 2.24) is 0 Å². The minimum atomic E-state index is -4.11. The molecule has 0 fully saturated rings. The van der Waals surface area contributed by atoms with Crippen LogP contribution in [0.2, 0.25) is 6.55 Å². The predicted molar refractivity (Wildman–Crippen MR) is 27.0 cm³/mol. The van der Waals surface area contributed by atoms with Gasteiger partial charge in [-0.1, -0.05) is 0 Å². The van der Waals surface area contributed by atoms with Crippen molar-refractivity contribution >= 4 is 20.2 Å². The average molecular weight is 142 g/mol. The van der Waals surface area contributed by atoms with Gasteiger partial charge in [0.15, 0.2) is 9.76 Å². The molecule has 0 aliphatic heterocycles. The van der Waals surface area contributed by atoms with Gasteiger partial charge in [-0.2, -0.15) is 8.42 Å². The van der Waals surface area contributed by atoms with Crippen LogP contribution in [-0.4, -0.2) is 22.7 Å². The summed E-state index contributed by atoms with van der Waals surface area (Å²) in [6, 6.07) is 0. The normalized spacial score (nSPS) is 13.4. The second-order valence-electron chi connectivity index (χ2n) is 0.834. The Morgan fingerprint density at radius 2 is 2.14 bits per heavy atom.